The Morgan fingerprint density at radius 2 is 2.10 bits per heavy atom. The largest absolute Gasteiger partial charge is 0.508 e. The van der Waals surface area contributed by atoms with Gasteiger partial charge in [0, 0.05) is 11.6 Å². The van der Waals surface area contributed by atoms with E-state index in [1.54, 1.807) is 17.8 Å². The highest BCUT2D eigenvalue weighted by Crippen LogP contribution is 2.42. The standard InChI is InChI=1S/C17H20N2OS/c1-17(2)13-10-12(20)7-6-11(13)9-14(16(17)18)21-15-5-3-4-8-19-15/h3-8,10,14,16,20H,9,18H2,1-2H3/p+1. The summed E-state index contributed by atoms with van der Waals surface area (Å²) in [5.74, 6) is 0.338. The number of phenols is 1. The summed E-state index contributed by atoms with van der Waals surface area (Å²) in [6.07, 6.45) is 2.80. The molecule has 2 atom stereocenters. The number of thioether (sulfide) groups is 1. The third-order valence-corrected chi connectivity index (χ3v) is 5.78. The normalized spacial score (nSPS) is 23.6. The molecular formula is C17H21N2OS+. The summed E-state index contributed by atoms with van der Waals surface area (Å²) in [5, 5.41) is 11.2. The fraction of sp³-hybridized carbons (Fsp3) is 0.353. The van der Waals surface area contributed by atoms with E-state index in [0.717, 1.165) is 11.4 Å². The Bertz CT molecular complexity index is 642. The van der Waals surface area contributed by atoms with E-state index in [0.29, 0.717) is 11.0 Å². The molecule has 1 heterocycles. The number of quaternary nitrogens is 1. The van der Waals surface area contributed by atoms with Gasteiger partial charge >= 0.3 is 0 Å². The number of fused-ring (bicyclic) bond motifs is 1. The molecule has 2 unspecified atom stereocenters. The van der Waals surface area contributed by atoms with E-state index >= 15 is 0 Å². The monoisotopic (exact) mass is 301 g/mol. The summed E-state index contributed by atoms with van der Waals surface area (Å²) in [6, 6.07) is 12.0. The Hall–Kier alpha value is -1.52. The lowest BCUT2D eigenvalue weighted by Crippen LogP contribution is -2.74. The fourth-order valence-electron chi connectivity index (χ4n) is 3.06. The summed E-state index contributed by atoms with van der Waals surface area (Å²) in [7, 11) is 0. The van der Waals surface area contributed by atoms with Crippen LogP contribution in [0.3, 0.4) is 0 Å². The van der Waals surface area contributed by atoms with Crippen LogP contribution < -0.4 is 5.73 Å². The van der Waals surface area contributed by atoms with Crippen molar-refractivity contribution in [1.82, 2.24) is 4.98 Å². The van der Waals surface area contributed by atoms with Crippen molar-refractivity contribution in [1.29, 1.82) is 0 Å². The predicted octanol–water partition coefficient (Wildman–Crippen LogP) is 2.39. The van der Waals surface area contributed by atoms with Gasteiger partial charge in [-0.2, -0.15) is 0 Å². The van der Waals surface area contributed by atoms with Crippen LogP contribution in [0.1, 0.15) is 25.0 Å². The van der Waals surface area contributed by atoms with Crippen LogP contribution in [-0.2, 0) is 11.8 Å². The maximum Gasteiger partial charge on any atom is 0.115 e. The minimum atomic E-state index is -0.0568. The number of nitrogens with zero attached hydrogens (tertiary/aromatic N) is 1. The molecule has 2 aromatic rings. The quantitative estimate of drug-likeness (QED) is 0.895. The molecule has 1 aliphatic rings. The molecule has 110 valence electrons. The molecule has 0 saturated carbocycles. The zero-order valence-electron chi connectivity index (χ0n) is 12.4. The number of aromatic nitrogens is 1. The van der Waals surface area contributed by atoms with Gasteiger partial charge in [-0.1, -0.05) is 37.7 Å². The molecule has 0 spiro atoms. The van der Waals surface area contributed by atoms with E-state index in [1.807, 2.05) is 30.5 Å². The van der Waals surface area contributed by atoms with Gasteiger partial charge in [-0.15, -0.1) is 0 Å². The van der Waals surface area contributed by atoms with Crippen LogP contribution in [0.5, 0.6) is 5.75 Å². The first-order valence-electron chi connectivity index (χ1n) is 7.21. The molecule has 3 rings (SSSR count). The lowest BCUT2D eigenvalue weighted by atomic mass is 9.69. The molecule has 21 heavy (non-hydrogen) atoms. The van der Waals surface area contributed by atoms with Crippen molar-refractivity contribution in [2.24, 2.45) is 0 Å². The van der Waals surface area contributed by atoms with Gasteiger partial charge in [0.1, 0.15) is 11.8 Å². The average Bonchev–Trinajstić information content (AvgIpc) is 2.47. The highest BCUT2D eigenvalue weighted by Gasteiger charge is 2.43. The van der Waals surface area contributed by atoms with Crippen molar-refractivity contribution in [2.75, 3.05) is 0 Å². The van der Waals surface area contributed by atoms with Crippen LogP contribution in [0, 0.1) is 0 Å². The molecule has 1 aromatic carbocycles. The van der Waals surface area contributed by atoms with Crippen molar-refractivity contribution in [3.8, 4) is 5.75 Å². The highest BCUT2D eigenvalue weighted by atomic mass is 32.2. The number of pyridine rings is 1. The lowest BCUT2D eigenvalue weighted by Gasteiger charge is -2.40. The molecule has 1 aliphatic carbocycles. The number of hydrogen-bond donors (Lipinski definition) is 2. The Kier molecular flexibility index (Phi) is 3.68. The van der Waals surface area contributed by atoms with Crippen LogP contribution in [0.4, 0.5) is 0 Å². The van der Waals surface area contributed by atoms with Crippen LogP contribution in [0.25, 0.3) is 0 Å². The first-order chi connectivity index (χ1) is 9.98. The molecular weight excluding hydrogens is 280 g/mol. The van der Waals surface area contributed by atoms with E-state index < -0.39 is 0 Å². The number of phenolic OH excluding ortho intramolecular Hbond substituents is 1. The van der Waals surface area contributed by atoms with Gasteiger partial charge in [0.05, 0.1) is 10.3 Å². The minimum Gasteiger partial charge on any atom is -0.508 e. The highest BCUT2D eigenvalue weighted by molar-refractivity contribution is 7.99. The summed E-state index contributed by atoms with van der Waals surface area (Å²) >= 11 is 1.81. The fourth-order valence-corrected chi connectivity index (χ4v) is 4.42. The molecule has 1 aromatic heterocycles. The van der Waals surface area contributed by atoms with Crippen LogP contribution in [0.2, 0.25) is 0 Å². The predicted molar refractivity (Wildman–Crippen MR) is 85.4 cm³/mol. The number of benzene rings is 1. The zero-order valence-corrected chi connectivity index (χ0v) is 13.2. The topological polar surface area (TPSA) is 60.8 Å². The third-order valence-electron chi connectivity index (χ3n) is 4.49. The van der Waals surface area contributed by atoms with E-state index in [1.165, 1.54) is 11.1 Å². The second kappa shape index (κ2) is 5.35. The number of rotatable bonds is 2. The van der Waals surface area contributed by atoms with Crippen LogP contribution >= 0.6 is 11.8 Å². The first kappa shape index (κ1) is 14.4. The lowest BCUT2D eigenvalue weighted by molar-refractivity contribution is -0.435. The van der Waals surface area contributed by atoms with Crippen molar-refractivity contribution in [2.45, 2.75) is 42.0 Å². The molecule has 0 fully saturated rings. The Morgan fingerprint density at radius 3 is 2.81 bits per heavy atom. The summed E-state index contributed by atoms with van der Waals surface area (Å²) in [5.41, 5.74) is 6.90. The van der Waals surface area contributed by atoms with E-state index in [9.17, 15) is 5.11 Å². The molecule has 0 amide bonds. The van der Waals surface area contributed by atoms with Gasteiger partial charge in [-0.3, -0.25) is 0 Å². The van der Waals surface area contributed by atoms with E-state index in [-0.39, 0.29) is 11.5 Å². The molecule has 4 N–H and O–H groups in total. The van der Waals surface area contributed by atoms with E-state index in [2.05, 4.69) is 30.6 Å². The second-order valence-electron chi connectivity index (χ2n) is 6.20. The Balaban J connectivity index is 1.94. The minimum absolute atomic E-state index is 0.0568. The molecule has 0 radical (unpaired) electrons. The SMILES string of the molecule is CC1(C)c2cc(O)ccc2CC(Sc2ccccn2)C1[NH3+]. The molecule has 0 bridgehead atoms. The molecule has 4 heteroatoms. The first-order valence-corrected chi connectivity index (χ1v) is 8.09. The van der Waals surface area contributed by atoms with Gasteiger partial charge in [-0.25, -0.2) is 4.98 Å². The van der Waals surface area contributed by atoms with Crippen LogP contribution in [0.15, 0.2) is 47.6 Å². The summed E-state index contributed by atoms with van der Waals surface area (Å²) in [4.78, 5) is 4.42. The molecule has 3 nitrogen and oxygen atoms in total. The van der Waals surface area contributed by atoms with Gasteiger partial charge in [0.25, 0.3) is 0 Å². The maximum absolute atomic E-state index is 9.77. The second-order valence-corrected chi connectivity index (χ2v) is 7.46. The van der Waals surface area contributed by atoms with E-state index in [4.69, 9.17) is 0 Å². The van der Waals surface area contributed by atoms with Crippen LogP contribution in [-0.4, -0.2) is 21.4 Å². The summed E-state index contributed by atoms with van der Waals surface area (Å²) in [6.45, 7) is 4.43. The van der Waals surface area contributed by atoms with Crippen molar-refractivity contribution >= 4 is 11.8 Å². The molecule has 0 saturated heterocycles. The van der Waals surface area contributed by atoms with Gasteiger partial charge < -0.3 is 10.8 Å². The van der Waals surface area contributed by atoms with Gasteiger partial charge in [0.2, 0.25) is 0 Å². The van der Waals surface area contributed by atoms with Crippen molar-refractivity contribution in [3.05, 3.63) is 53.7 Å². The Morgan fingerprint density at radius 1 is 1.29 bits per heavy atom. The smallest absolute Gasteiger partial charge is 0.115 e. The Labute approximate surface area is 129 Å². The average molecular weight is 301 g/mol. The van der Waals surface area contributed by atoms with Crippen molar-refractivity contribution < 1.29 is 10.8 Å². The van der Waals surface area contributed by atoms with Gasteiger partial charge in [0.15, 0.2) is 0 Å². The third kappa shape index (κ3) is 2.65. The van der Waals surface area contributed by atoms with Crippen molar-refractivity contribution in [3.63, 3.8) is 0 Å². The number of aromatic hydroxyl groups is 1. The maximum atomic E-state index is 9.77. The zero-order chi connectivity index (χ0) is 15.0. The summed E-state index contributed by atoms with van der Waals surface area (Å²) < 4.78 is 0. The number of hydrogen-bond acceptors (Lipinski definition) is 3. The van der Waals surface area contributed by atoms with Gasteiger partial charge in [-0.05, 0) is 41.8 Å². The molecule has 0 aliphatic heterocycles.